The lowest BCUT2D eigenvalue weighted by Gasteiger charge is -2.69. The van der Waals surface area contributed by atoms with Gasteiger partial charge < -0.3 is 20.8 Å². The van der Waals surface area contributed by atoms with E-state index in [0.29, 0.717) is 46.2 Å². The number of hydrogen-bond donors (Lipinski definition) is 4. The summed E-state index contributed by atoms with van der Waals surface area (Å²) in [5.41, 5.74) is 4.86. The summed E-state index contributed by atoms with van der Waals surface area (Å²) in [5, 5.41) is 25.4. The highest BCUT2D eigenvalue weighted by molar-refractivity contribution is 5.94. The maximum Gasteiger partial charge on any atom is 0.335 e. The zero-order valence-corrected chi connectivity index (χ0v) is 36.6. The van der Waals surface area contributed by atoms with E-state index in [4.69, 9.17) is 0 Å². The number of nitrogens with one attached hydrogen (secondary N) is 2. The SMILES string of the molecule is C=CC.CC1CCC2(C)CCC3C(CCC4C3(C)CCC3C(C)(C)C(O)CCC34C)C12.Cc1c(CNC(=O)c2cccc(C(C)CNC=O)c2)cccc1C(=O)O. The molecule has 11 unspecified atom stereocenters. The number of aromatic carboxylic acids is 1. The van der Waals surface area contributed by atoms with Gasteiger partial charge in [-0.05, 0) is 176 Å². The van der Waals surface area contributed by atoms with E-state index in [0.717, 1.165) is 47.1 Å². The molecule has 0 saturated heterocycles. The first-order valence-corrected chi connectivity index (χ1v) is 22.0. The second-order valence-electron chi connectivity index (χ2n) is 20.2. The molecule has 0 spiro atoms. The number of carboxylic acid groups (broad SMARTS) is 1. The maximum absolute atomic E-state index is 12.4. The van der Waals surface area contributed by atoms with Crippen LogP contribution in [0.2, 0.25) is 0 Å². The zero-order chi connectivity index (χ0) is 41.9. The summed E-state index contributed by atoms with van der Waals surface area (Å²) >= 11 is 0. The highest BCUT2D eigenvalue weighted by atomic mass is 16.4. The molecule has 0 bridgehead atoms. The van der Waals surface area contributed by atoms with Crippen LogP contribution >= 0.6 is 0 Å². The largest absolute Gasteiger partial charge is 0.478 e. The molecule has 0 radical (unpaired) electrons. The molecule has 57 heavy (non-hydrogen) atoms. The minimum atomic E-state index is -0.985. The fourth-order valence-electron chi connectivity index (χ4n) is 13.7. The number of benzene rings is 2. The van der Waals surface area contributed by atoms with Crippen LogP contribution in [0.4, 0.5) is 0 Å². The molecule has 2 amide bonds. The number of aliphatic hydroxyl groups excluding tert-OH is 1. The summed E-state index contributed by atoms with van der Waals surface area (Å²) in [7, 11) is 0. The van der Waals surface area contributed by atoms with Gasteiger partial charge in [-0.2, -0.15) is 0 Å². The van der Waals surface area contributed by atoms with E-state index in [2.05, 4.69) is 58.8 Å². The summed E-state index contributed by atoms with van der Waals surface area (Å²) in [6.07, 6.45) is 16.3. The average Bonchev–Trinajstić information content (AvgIpc) is 3.49. The maximum atomic E-state index is 12.4. The van der Waals surface area contributed by atoms with Crippen molar-refractivity contribution >= 4 is 18.3 Å². The first-order chi connectivity index (χ1) is 26.9. The number of fused-ring (bicyclic) bond motifs is 7. The fraction of sp³-hybridized carbons (Fsp3) is 0.660. The summed E-state index contributed by atoms with van der Waals surface area (Å²) in [4.78, 5) is 34.1. The van der Waals surface area contributed by atoms with Gasteiger partial charge in [-0.1, -0.05) is 78.8 Å². The van der Waals surface area contributed by atoms with Crippen molar-refractivity contribution in [1.29, 1.82) is 0 Å². The molecule has 5 fully saturated rings. The molecule has 0 heterocycles. The number of rotatable bonds is 8. The molecule has 5 saturated carbocycles. The molecule has 11 atom stereocenters. The molecule has 7 rings (SSSR count). The molecule has 5 aliphatic rings. The van der Waals surface area contributed by atoms with E-state index >= 15 is 0 Å². The van der Waals surface area contributed by atoms with E-state index in [-0.39, 0.29) is 35.5 Å². The lowest BCUT2D eigenvalue weighted by Crippen LogP contribution is -2.63. The second-order valence-corrected chi connectivity index (χ2v) is 20.2. The van der Waals surface area contributed by atoms with Crippen LogP contribution in [-0.4, -0.2) is 41.1 Å². The van der Waals surface area contributed by atoms with Gasteiger partial charge in [0.05, 0.1) is 11.7 Å². The summed E-state index contributed by atoms with van der Waals surface area (Å²) in [5.74, 6) is 4.38. The third-order valence-corrected chi connectivity index (χ3v) is 16.6. The standard InChI is InChI=1S/C27H46O.C20H22N2O4.C3H6/c1-17-9-13-25(4)14-10-19-18(23(17)25)7-8-21-26(19,5)15-11-20-24(2,3)22(28)12-16-27(20,21)6;1-13(10-21-12-23)15-5-3-6-16(9-15)19(24)22-11-17-7-4-8-18(14(17)2)20(25)26;1-3-2/h17-23,28H,7-16H2,1-6H3;3-9,12-13H,10-11H2,1-2H3,(H,21,23)(H,22,24)(H,25,26);3H,1H2,2H3. The Hall–Kier alpha value is -3.45. The topological polar surface area (TPSA) is 116 Å². The molecule has 2 aromatic rings. The van der Waals surface area contributed by atoms with Gasteiger partial charge in [0.15, 0.2) is 0 Å². The Morgan fingerprint density at radius 2 is 1.58 bits per heavy atom. The van der Waals surface area contributed by atoms with E-state index in [9.17, 15) is 24.6 Å². The van der Waals surface area contributed by atoms with E-state index < -0.39 is 5.97 Å². The van der Waals surface area contributed by atoms with Crippen LogP contribution in [0.15, 0.2) is 55.1 Å². The average molecular weight is 783 g/mol. The van der Waals surface area contributed by atoms with Crippen LogP contribution in [0.1, 0.15) is 163 Å². The van der Waals surface area contributed by atoms with Crippen LogP contribution in [0.3, 0.4) is 0 Å². The van der Waals surface area contributed by atoms with Crippen molar-refractivity contribution in [2.45, 2.75) is 145 Å². The van der Waals surface area contributed by atoms with Crippen LogP contribution in [0, 0.1) is 64.1 Å². The Bertz CT molecular complexity index is 1750. The van der Waals surface area contributed by atoms with E-state index in [1.807, 2.05) is 19.9 Å². The van der Waals surface area contributed by atoms with Crippen molar-refractivity contribution in [2.24, 2.45) is 57.2 Å². The highest BCUT2D eigenvalue weighted by Gasteiger charge is 2.66. The first kappa shape index (κ1) is 44.6. The molecule has 0 aromatic heterocycles. The van der Waals surface area contributed by atoms with Crippen molar-refractivity contribution < 1.29 is 24.6 Å². The number of carboxylic acids is 1. The Labute approximate surface area is 344 Å². The van der Waals surface area contributed by atoms with Crippen molar-refractivity contribution in [3.05, 3.63) is 82.9 Å². The van der Waals surface area contributed by atoms with Gasteiger partial charge >= 0.3 is 5.97 Å². The molecular formula is C50H74N2O5. The quantitative estimate of drug-likeness (QED) is 0.157. The van der Waals surface area contributed by atoms with Crippen LogP contribution in [0.5, 0.6) is 0 Å². The van der Waals surface area contributed by atoms with Crippen molar-refractivity contribution in [3.63, 3.8) is 0 Å². The number of carbonyl (C=O) groups excluding carboxylic acids is 2. The molecule has 7 heteroatoms. The Morgan fingerprint density at radius 3 is 2.26 bits per heavy atom. The smallest absolute Gasteiger partial charge is 0.335 e. The van der Waals surface area contributed by atoms with Gasteiger partial charge in [0.1, 0.15) is 0 Å². The number of allylic oxidation sites excluding steroid dienone is 1. The van der Waals surface area contributed by atoms with Gasteiger partial charge in [0.2, 0.25) is 6.41 Å². The van der Waals surface area contributed by atoms with E-state index in [1.165, 1.54) is 57.8 Å². The fourth-order valence-corrected chi connectivity index (χ4v) is 13.7. The summed E-state index contributed by atoms with van der Waals surface area (Å²) in [6.45, 7) is 25.1. The molecular weight excluding hydrogens is 709 g/mol. The van der Waals surface area contributed by atoms with Crippen molar-refractivity contribution in [1.82, 2.24) is 10.6 Å². The lowest BCUT2D eigenvalue weighted by molar-refractivity contribution is -0.215. The Morgan fingerprint density at radius 1 is 0.912 bits per heavy atom. The number of carbonyl (C=O) groups is 3. The van der Waals surface area contributed by atoms with Crippen LogP contribution in [-0.2, 0) is 11.3 Å². The van der Waals surface area contributed by atoms with Gasteiger partial charge in [-0.25, -0.2) is 4.79 Å². The van der Waals surface area contributed by atoms with Crippen LogP contribution in [0.25, 0.3) is 0 Å². The highest BCUT2D eigenvalue weighted by Crippen LogP contribution is 2.73. The van der Waals surface area contributed by atoms with Crippen LogP contribution < -0.4 is 10.6 Å². The predicted octanol–water partition coefficient (Wildman–Crippen LogP) is 10.7. The monoisotopic (exact) mass is 783 g/mol. The molecule has 5 aliphatic carbocycles. The molecule has 314 valence electrons. The minimum Gasteiger partial charge on any atom is -0.478 e. The lowest BCUT2D eigenvalue weighted by atomic mass is 9.36. The summed E-state index contributed by atoms with van der Waals surface area (Å²) in [6, 6.07) is 12.2. The second kappa shape index (κ2) is 17.8. The molecule has 7 nitrogen and oxygen atoms in total. The number of hydrogen-bond acceptors (Lipinski definition) is 4. The third kappa shape index (κ3) is 8.66. The van der Waals surface area contributed by atoms with E-state index in [1.54, 1.807) is 49.4 Å². The van der Waals surface area contributed by atoms with Gasteiger partial charge in [0, 0.05) is 18.7 Å². The summed E-state index contributed by atoms with van der Waals surface area (Å²) < 4.78 is 0. The Balaban J connectivity index is 0.000000204. The molecule has 2 aromatic carbocycles. The van der Waals surface area contributed by atoms with Crippen molar-refractivity contribution in [2.75, 3.05) is 6.54 Å². The molecule has 0 aliphatic heterocycles. The first-order valence-electron chi connectivity index (χ1n) is 22.0. The van der Waals surface area contributed by atoms with Gasteiger partial charge in [-0.3, -0.25) is 9.59 Å². The minimum absolute atomic E-state index is 0.0856. The van der Waals surface area contributed by atoms with Gasteiger partial charge in [-0.15, -0.1) is 6.58 Å². The Kier molecular flexibility index (Phi) is 14.0. The van der Waals surface area contributed by atoms with Crippen molar-refractivity contribution in [3.8, 4) is 0 Å². The number of aliphatic hydroxyl groups is 1. The normalized spacial score (nSPS) is 35.1. The third-order valence-electron chi connectivity index (χ3n) is 16.6. The number of amides is 2. The molecule has 4 N–H and O–H groups in total. The predicted molar refractivity (Wildman–Crippen MR) is 231 cm³/mol. The zero-order valence-electron chi connectivity index (χ0n) is 36.6. The van der Waals surface area contributed by atoms with Gasteiger partial charge in [0.25, 0.3) is 5.91 Å².